The molecule has 0 atom stereocenters. The number of anilines is 1. The highest BCUT2D eigenvalue weighted by Gasteiger charge is 2.13. The molecule has 2 aromatic rings. The summed E-state index contributed by atoms with van der Waals surface area (Å²) >= 11 is 6.01. The minimum absolute atomic E-state index is 0.295. The van der Waals surface area contributed by atoms with E-state index in [0.717, 1.165) is 5.69 Å². The molecule has 1 heterocycles. The SMILES string of the molecule is CCc1nn(-c2ccc(F)cc2)c(N)c1Cl. The molecule has 5 heteroatoms. The lowest BCUT2D eigenvalue weighted by atomic mass is 10.3. The Kier molecular flexibility index (Phi) is 2.83. The third-order valence-electron chi connectivity index (χ3n) is 2.33. The van der Waals surface area contributed by atoms with E-state index in [2.05, 4.69) is 5.10 Å². The molecule has 0 unspecified atom stereocenters. The molecule has 0 aliphatic carbocycles. The van der Waals surface area contributed by atoms with Gasteiger partial charge in [0, 0.05) is 0 Å². The highest BCUT2D eigenvalue weighted by molar-refractivity contribution is 6.33. The van der Waals surface area contributed by atoms with Crippen LogP contribution in [0.15, 0.2) is 24.3 Å². The third kappa shape index (κ3) is 1.76. The summed E-state index contributed by atoms with van der Waals surface area (Å²) in [5.74, 6) is 0.0846. The van der Waals surface area contributed by atoms with Crippen LogP contribution in [0.25, 0.3) is 5.69 Å². The summed E-state index contributed by atoms with van der Waals surface area (Å²) in [6.07, 6.45) is 0.706. The van der Waals surface area contributed by atoms with Crippen molar-refractivity contribution in [2.24, 2.45) is 0 Å². The zero-order valence-corrected chi connectivity index (χ0v) is 9.50. The van der Waals surface area contributed by atoms with Crippen LogP contribution < -0.4 is 5.73 Å². The number of aryl methyl sites for hydroxylation is 1. The van der Waals surface area contributed by atoms with Crippen LogP contribution in [0.1, 0.15) is 12.6 Å². The first kappa shape index (κ1) is 11.0. The maximum absolute atomic E-state index is 12.8. The van der Waals surface area contributed by atoms with E-state index in [9.17, 15) is 4.39 Å². The van der Waals surface area contributed by atoms with Crippen molar-refractivity contribution in [3.05, 3.63) is 40.8 Å². The van der Waals surface area contributed by atoms with Crippen LogP contribution in [0.4, 0.5) is 10.2 Å². The molecule has 1 aromatic heterocycles. The van der Waals surface area contributed by atoms with Crippen LogP contribution in [-0.2, 0) is 6.42 Å². The summed E-state index contributed by atoms with van der Waals surface area (Å²) < 4.78 is 14.3. The smallest absolute Gasteiger partial charge is 0.146 e. The summed E-state index contributed by atoms with van der Waals surface area (Å²) in [5, 5.41) is 4.73. The van der Waals surface area contributed by atoms with Crippen molar-refractivity contribution in [1.29, 1.82) is 0 Å². The molecule has 0 saturated carbocycles. The van der Waals surface area contributed by atoms with Gasteiger partial charge in [0.1, 0.15) is 16.7 Å². The van der Waals surface area contributed by atoms with E-state index in [0.29, 0.717) is 22.9 Å². The highest BCUT2D eigenvalue weighted by Crippen LogP contribution is 2.26. The minimum atomic E-state index is -0.295. The number of hydrogen-bond acceptors (Lipinski definition) is 2. The lowest BCUT2D eigenvalue weighted by molar-refractivity contribution is 0.627. The van der Waals surface area contributed by atoms with Crippen molar-refractivity contribution in [3.63, 3.8) is 0 Å². The average molecular weight is 240 g/mol. The summed E-state index contributed by atoms with van der Waals surface area (Å²) in [6.45, 7) is 1.95. The predicted molar refractivity (Wildman–Crippen MR) is 62.3 cm³/mol. The van der Waals surface area contributed by atoms with Gasteiger partial charge in [0.25, 0.3) is 0 Å². The van der Waals surface area contributed by atoms with E-state index in [1.54, 1.807) is 12.1 Å². The van der Waals surface area contributed by atoms with Crippen molar-refractivity contribution in [2.75, 3.05) is 5.73 Å². The molecule has 2 rings (SSSR count). The fourth-order valence-electron chi connectivity index (χ4n) is 1.46. The first-order valence-electron chi connectivity index (χ1n) is 4.92. The number of rotatable bonds is 2. The zero-order valence-electron chi connectivity index (χ0n) is 8.74. The van der Waals surface area contributed by atoms with E-state index in [1.165, 1.54) is 16.8 Å². The second-order valence-electron chi connectivity index (χ2n) is 3.39. The Morgan fingerprint density at radius 3 is 2.50 bits per heavy atom. The Morgan fingerprint density at radius 1 is 1.38 bits per heavy atom. The van der Waals surface area contributed by atoms with Crippen LogP contribution >= 0.6 is 11.6 Å². The predicted octanol–water partition coefficient (Wildman–Crippen LogP) is 2.81. The maximum Gasteiger partial charge on any atom is 0.146 e. The van der Waals surface area contributed by atoms with Gasteiger partial charge in [-0.15, -0.1) is 0 Å². The number of benzene rings is 1. The van der Waals surface area contributed by atoms with E-state index in [-0.39, 0.29) is 5.82 Å². The topological polar surface area (TPSA) is 43.8 Å². The standard InChI is InChI=1S/C11H11ClFN3/c1-2-9-10(12)11(14)16(15-9)8-5-3-7(13)4-6-8/h3-6H,2,14H2,1H3. The van der Waals surface area contributed by atoms with Gasteiger partial charge in [0.15, 0.2) is 0 Å². The number of halogens is 2. The molecular formula is C11H11ClFN3. The van der Waals surface area contributed by atoms with E-state index >= 15 is 0 Å². The molecule has 0 bridgehead atoms. The molecule has 1 aromatic carbocycles. The Labute approximate surface area is 97.6 Å². The molecule has 0 amide bonds. The lowest BCUT2D eigenvalue weighted by Gasteiger charge is -2.03. The van der Waals surface area contributed by atoms with Gasteiger partial charge in [-0.1, -0.05) is 18.5 Å². The second kappa shape index (κ2) is 4.14. The maximum atomic E-state index is 12.8. The molecule has 2 N–H and O–H groups in total. The van der Waals surface area contributed by atoms with Gasteiger partial charge in [-0.05, 0) is 30.7 Å². The Balaban J connectivity index is 2.52. The molecule has 0 spiro atoms. The van der Waals surface area contributed by atoms with Crippen LogP contribution in [0.3, 0.4) is 0 Å². The molecule has 0 fully saturated rings. The number of hydrogen-bond donors (Lipinski definition) is 1. The van der Waals surface area contributed by atoms with Crippen molar-refractivity contribution in [2.45, 2.75) is 13.3 Å². The van der Waals surface area contributed by atoms with Crippen LogP contribution in [-0.4, -0.2) is 9.78 Å². The number of nitrogens with zero attached hydrogens (tertiary/aromatic N) is 2. The molecule has 0 saturated heterocycles. The quantitative estimate of drug-likeness (QED) is 0.876. The molecule has 3 nitrogen and oxygen atoms in total. The third-order valence-corrected chi connectivity index (χ3v) is 2.74. The van der Waals surface area contributed by atoms with Gasteiger partial charge in [-0.2, -0.15) is 5.10 Å². The fourth-order valence-corrected chi connectivity index (χ4v) is 1.72. The average Bonchev–Trinajstić information content (AvgIpc) is 2.57. The lowest BCUT2D eigenvalue weighted by Crippen LogP contribution is -2.01. The summed E-state index contributed by atoms with van der Waals surface area (Å²) in [6, 6.07) is 5.93. The molecule has 0 aliphatic heterocycles. The summed E-state index contributed by atoms with van der Waals surface area (Å²) in [7, 11) is 0. The highest BCUT2D eigenvalue weighted by atomic mass is 35.5. The van der Waals surface area contributed by atoms with Crippen molar-refractivity contribution in [3.8, 4) is 5.69 Å². The summed E-state index contributed by atoms with van der Waals surface area (Å²) in [5.41, 5.74) is 7.26. The largest absolute Gasteiger partial charge is 0.382 e. The van der Waals surface area contributed by atoms with E-state index in [1.807, 2.05) is 6.92 Å². The zero-order chi connectivity index (χ0) is 11.7. The number of nitrogen functional groups attached to an aromatic ring is 1. The normalized spacial score (nSPS) is 10.7. The van der Waals surface area contributed by atoms with Gasteiger partial charge in [-0.3, -0.25) is 0 Å². The van der Waals surface area contributed by atoms with Gasteiger partial charge in [0.2, 0.25) is 0 Å². The monoisotopic (exact) mass is 239 g/mol. The van der Waals surface area contributed by atoms with Crippen LogP contribution in [0, 0.1) is 5.82 Å². The summed E-state index contributed by atoms with van der Waals surface area (Å²) in [4.78, 5) is 0. The molecule has 84 valence electrons. The first-order chi connectivity index (χ1) is 7.63. The minimum Gasteiger partial charge on any atom is -0.382 e. The van der Waals surface area contributed by atoms with Crippen LogP contribution in [0.2, 0.25) is 5.02 Å². The van der Waals surface area contributed by atoms with E-state index < -0.39 is 0 Å². The Bertz CT molecular complexity index is 505. The molecule has 16 heavy (non-hydrogen) atoms. The Hall–Kier alpha value is -1.55. The number of aromatic nitrogens is 2. The van der Waals surface area contributed by atoms with Crippen molar-refractivity contribution >= 4 is 17.4 Å². The van der Waals surface area contributed by atoms with Gasteiger partial charge in [-0.25, -0.2) is 9.07 Å². The van der Waals surface area contributed by atoms with E-state index in [4.69, 9.17) is 17.3 Å². The molecular weight excluding hydrogens is 229 g/mol. The van der Waals surface area contributed by atoms with Crippen LogP contribution in [0.5, 0.6) is 0 Å². The molecule has 0 aliphatic rings. The van der Waals surface area contributed by atoms with Crippen molar-refractivity contribution < 1.29 is 4.39 Å². The number of nitrogens with two attached hydrogens (primary N) is 1. The second-order valence-corrected chi connectivity index (χ2v) is 3.77. The molecule has 0 radical (unpaired) electrons. The first-order valence-corrected chi connectivity index (χ1v) is 5.30. The van der Waals surface area contributed by atoms with Gasteiger partial charge >= 0.3 is 0 Å². The fraction of sp³-hybridized carbons (Fsp3) is 0.182. The van der Waals surface area contributed by atoms with Gasteiger partial charge in [0.05, 0.1) is 11.4 Å². The Morgan fingerprint density at radius 2 is 2.00 bits per heavy atom. The van der Waals surface area contributed by atoms with Gasteiger partial charge < -0.3 is 5.73 Å². The van der Waals surface area contributed by atoms with Crippen molar-refractivity contribution in [1.82, 2.24) is 9.78 Å².